The Kier molecular flexibility index (Phi) is 2.93. The van der Waals surface area contributed by atoms with E-state index in [9.17, 15) is 0 Å². The summed E-state index contributed by atoms with van der Waals surface area (Å²) in [5, 5.41) is 1.34. The number of aromatic nitrogens is 1. The first-order chi connectivity index (χ1) is 9.83. The number of nitrogens with two attached hydrogens (primary N) is 1. The SMILES string of the molecule is NCC1CCCc2sc(C3(c4ccccc4)CC3)nc21. The quantitative estimate of drug-likeness (QED) is 0.935. The molecule has 2 nitrogen and oxygen atoms in total. The second kappa shape index (κ2) is 4.68. The maximum atomic E-state index is 5.93. The molecule has 2 aliphatic rings. The Labute approximate surface area is 124 Å². The van der Waals surface area contributed by atoms with Gasteiger partial charge in [-0.25, -0.2) is 4.98 Å². The summed E-state index contributed by atoms with van der Waals surface area (Å²) in [5.74, 6) is 0.496. The molecule has 0 saturated heterocycles. The molecule has 1 aromatic carbocycles. The van der Waals surface area contributed by atoms with Gasteiger partial charge in [-0.1, -0.05) is 30.3 Å². The minimum Gasteiger partial charge on any atom is -0.330 e. The van der Waals surface area contributed by atoms with Crippen molar-refractivity contribution in [1.82, 2.24) is 4.98 Å². The number of thiazole rings is 1. The van der Waals surface area contributed by atoms with Crippen molar-refractivity contribution in [2.45, 2.75) is 43.4 Å². The van der Waals surface area contributed by atoms with Crippen LogP contribution in [0.1, 0.15) is 52.7 Å². The molecule has 1 heterocycles. The van der Waals surface area contributed by atoms with E-state index in [1.165, 1.54) is 53.2 Å². The molecule has 0 radical (unpaired) electrons. The van der Waals surface area contributed by atoms with Gasteiger partial charge in [0.2, 0.25) is 0 Å². The highest BCUT2D eigenvalue weighted by atomic mass is 32.1. The maximum absolute atomic E-state index is 5.93. The zero-order chi connectivity index (χ0) is 13.6. The topological polar surface area (TPSA) is 38.9 Å². The van der Waals surface area contributed by atoms with Crippen molar-refractivity contribution >= 4 is 11.3 Å². The summed E-state index contributed by atoms with van der Waals surface area (Å²) in [6.45, 7) is 0.745. The van der Waals surface area contributed by atoms with Crippen LogP contribution in [-0.2, 0) is 11.8 Å². The Morgan fingerprint density at radius 2 is 2.05 bits per heavy atom. The molecule has 1 aromatic heterocycles. The number of hydrogen-bond acceptors (Lipinski definition) is 3. The lowest BCUT2D eigenvalue weighted by Gasteiger charge is -2.18. The molecular formula is C17H20N2S. The average molecular weight is 284 g/mol. The molecule has 0 bridgehead atoms. The number of rotatable bonds is 3. The fraction of sp³-hybridized carbons (Fsp3) is 0.471. The van der Waals surface area contributed by atoms with E-state index in [0.29, 0.717) is 5.92 Å². The smallest absolute Gasteiger partial charge is 0.104 e. The van der Waals surface area contributed by atoms with E-state index < -0.39 is 0 Å². The molecule has 104 valence electrons. The zero-order valence-corrected chi connectivity index (χ0v) is 12.5. The third-order valence-electron chi connectivity index (χ3n) is 4.84. The van der Waals surface area contributed by atoms with Gasteiger partial charge >= 0.3 is 0 Å². The molecule has 1 fully saturated rings. The summed E-state index contributed by atoms with van der Waals surface area (Å²) in [4.78, 5) is 6.56. The molecule has 1 unspecified atom stereocenters. The normalized spacial score (nSPS) is 23.4. The third kappa shape index (κ3) is 1.84. The fourth-order valence-corrected chi connectivity index (χ4v) is 4.91. The molecule has 2 aromatic rings. The number of benzene rings is 1. The minimum absolute atomic E-state index is 0.225. The molecular weight excluding hydrogens is 264 g/mol. The Hall–Kier alpha value is -1.19. The van der Waals surface area contributed by atoms with Crippen molar-refractivity contribution < 1.29 is 0 Å². The summed E-state index contributed by atoms with van der Waals surface area (Å²) in [6.07, 6.45) is 6.18. The number of aryl methyl sites for hydroxylation is 1. The van der Waals surface area contributed by atoms with Gasteiger partial charge in [0, 0.05) is 22.8 Å². The summed E-state index contributed by atoms with van der Waals surface area (Å²) < 4.78 is 0. The van der Waals surface area contributed by atoms with Gasteiger partial charge in [-0.2, -0.15) is 0 Å². The highest BCUT2D eigenvalue weighted by Crippen LogP contribution is 2.55. The standard InChI is InChI=1S/C17H20N2S/c18-11-12-5-4-8-14-15(12)19-16(20-14)17(9-10-17)13-6-2-1-3-7-13/h1-3,6-7,12H,4-5,8-11,18H2. The van der Waals surface area contributed by atoms with Gasteiger partial charge in [-0.15, -0.1) is 11.3 Å². The molecule has 2 aliphatic carbocycles. The lowest BCUT2D eigenvalue weighted by atomic mass is 9.91. The van der Waals surface area contributed by atoms with Gasteiger partial charge < -0.3 is 5.73 Å². The third-order valence-corrected chi connectivity index (χ3v) is 6.18. The first-order valence-corrected chi connectivity index (χ1v) is 8.41. The molecule has 20 heavy (non-hydrogen) atoms. The Bertz CT molecular complexity index is 613. The van der Waals surface area contributed by atoms with Crippen molar-refractivity contribution in [3.8, 4) is 0 Å². The highest BCUT2D eigenvalue weighted by Gasteiger charge is 2.49. The van der Waals surface area contributed by atoms with Gasteiger partial charge in [-0.3, -0.25) is 0 Å². The molecule has 3 heteroatoms. The summed E-state index contributed by atoms with van der Waals surface area (Å²) in [7, 11) is 0. The summed E-state index contributed by atoms with van der Waals surface area (Å²) in [5.41, 5.74) is 8.91. The number of fused-ring (bicyclic) bond motifs is 1. The van der Waals surface area contributed by atoms with E-state index in [2.05, 4.69) is 30.3 Å². The van der Waals surface area contributed by atoms with Crippen molar-refractivity contribution in [3.05, 3.63) is 51.5 Å². The van der Waals surface area contributed by atoms with Crippen LogP contribution in [0.5, 0.6) is 0 Å². The van der Waals surface area contributed by atoms with Crippen LogP contribution in [0.2, 0.25) is 0 Å². The van der Waals surface area contributed by atoms with Crippen molar-refractivity contribution in [3.63, 3.8) is 0 Å². The van der Waals surface area contributed by atoms with Crippen LogP contribution >= 0.6 is 11.3 Å². The fourth-order valence-electron chi connectivity index (χ4n) is 3.45. The second-order valence-electron chi connectivity index (χ2n) is 6.10. The zero-order valence-electron chi connectivity index (χ0n) is 11.6. The van der Waals surface area contributed by atoms with E-state index in [-0.39, 0.29) is 5.41 Å². The summed E-state index contributed by atoms with van der Waals surface area (Å²) >= 11 is 1.95. The van der Waals surface area contributed by atoms with E-state index in [1.807, 2.05) is 11.3 Å². The van der Waals surface area contributed by atoms with Crippen molar-refractivity contribution in [2.24, 2.45) is 5.73 Å². The van der Waals surface area contributed by atoms with Gasteiger partial charge in [0.25, 0.3) is 0 Å². The predicted molar refractivity (Wildman–Crippen MR) is 83.3 cm³/mol. The van der Waals surface area contributed by atoms with Crippen LogP contribution in [0.4, 0.5) is 0 Å². The molecule has 4 rings (SSSR count). The van der Waals surface area contributed by atoms with Gasteiger partial charge in [0.05, 0.1) is 5.69 Å². The predicted octanol–water partition coefficient (Wildman–Crippen LogP) is 3.60. The van der Waals surface area contributed by atoms with Crippen molar-refractivity contribution in [2.75, 3.05) is 6.54 Å². The van der Waals surface area contributed by atoms with E-state index in [0.717, 1.165) is 6.54 Å². The lowest BCUT2D eigenvalue weighted by molar-refractivity contribution is 0.552. The second-order valence-corrected chi connectivity index (χ2v) is 7.18. The Morgan fingerprint density at radius 3 is 2.75 bits per heavy atom. The van der Waals surface area contributed by atoms with Crippen molar-refractivity contribution in [1.29, 1.82) is 0 Å². The first-order valence-electron chi connectivity index (χ1n) is 7.59. The van der Waals surface area contributed by atoms with Crippen LogP contribution < -0.4 is 5.73 Å². The highest BCUT2D eigenvalue weighted by molar-refractivity contribution is 7.12. The number of nitrogens with zero attached hydrogens (tertiary/aromatic N) is 1. The van der Waals surface area contributed by atoms with E-state index >= 15 is 0 Å². The van der Waals surface area contributed by atoms with Gasteiger partial charge in [0.1, 0.15) is 5.01 Å². The Balaban J connectivity index is 1.75. The summed E-state index contributed by atoms with van der Waals surface area (Å²) in [6, 6.07) is 10.9. The van der Waals surface area contributed by atoms with Crippen LogP contribution in [0, 0.1) is 0 Å². The first kappa shape index (κ1) is 12.5. The van der Waals surface area contributed by atoms with E-state index in [1.54, 1.807) is 0 Å². The monoisotopic (exact) mass is 284 g/mol. The molecule has 0 aliphatic heterocycles. The van der Waals surface area contributed by atoms with Crippen LogP contribution in [0.15, 0.2) is 30.3 Å². The molecule has 2 N–H and O–H groups in total. The lowest BCUT2D eigenvalue weighted by Crippen LogP contribution is -2.18. The van der Waals surface area contributed by atoms with E-state index in [4.69, 9.17) is 10.7 Å². The van der Waals surface area contributed by atoms with Crippen LogP contribution in [-0.4, -0.2) is 11.5 Å². The average Bonchev–Trinajstić information content (AvgIpc) is 3.20. The molecule has 1 saturated carbocycles. The van der Waals surface area contributed by atoms with Crippen LogP contribution in [0.25, 0.3) is 0 Å². The molecule has 0 amide bonds. The largest absolute Gasteiger partial charge is 0.330 e. The Morgan fingerprint density at radius 1 is 1.25 bits per heavy atom. The maximum Gasteiger partial charge on any atom is 0.104 e. The number of hydrogen-bond donors (Lipinski definition) is 1. The van der Waals surface area contributed by atoms with Crippen LogP contribution in [0.3, 0.4) is 0 Å². The minimum atomic E-state index is 0.225. The molecule has 1 atom stereocenters. The molecule has 0 spiro atoms. The van der Waals surface area contributed by atoms with Gasteiger partial charge in [-0.05, 0) is 37.7 Å². The van der Waals surface area contributed by atoms with Gasteiger partial charge in [0.15, 0.2) is 0 Å².